The molecule has 8 nitrogen and oxygen atoms in total. The average molecular weight is 369 g/mol. The van der Waals surface area contributed by atoms with Crippen molar-refractivity contribution in [3.63, 3.8) is 0 Å². The summed E-state index contributed by atoms with van der Waals surface area (Å²) in [5, 5.41) is 15.2. The number of nitrogens with one attached hydrogen (secondary N) is 1. The molecule has 140 valence electrons. The van der Waals surface area contributed by atoms with E-state index in [1.54, 1.807) is 0 Å². The van der Waals surface area contributed by atoms with Gasteiger partial charge in [-0.15, -0.1) is 0 Å². The van der Waals surface area contributed by atoms with Crippen LogP contribution >= 0.6 is 0 Å². The van der Waals surface area contributed by atoms with Crippen molar-refractivity contribution in [2.24, 2.45) is 0 Å². The topological polar surface area (TPSA) is 95.6 Å². The van der Waals surface area contributed by atoms with Gasteiger partial charge in [-0.1, -0.05) is 18.2 Å². The second-order valence-electron chi connectivity index (χ2n) is 5.81. The van der Waals surface area contributed by atoms with Gasteiger partial charge in [-0.25, -0.2) is 0 Å². The molecule has 0 saturated carbocycles. The number of hydrogen-bond acceptors (Lipinski definition) is 5. The second-order valence-corrected chi connectivity index (χ2v) is 5.81. The van der Waals surface area contributed by atoms with E-state index in [4.69, 9.17) is 9.47 Å². The predicted octanol–water partition coefficient (Wildman–Crippen LogP) is 3.00. The SMILES string of the molecule is COc1cc(C(=O)NCCn2ccc3ccccc32)c([N+](=O)[O-])cc1OC. The summed E-state index contributed by atoms with van der Waals surface area (Å²) in [5.41, 5.74) is 0.649. The van der Waals surface area contributed by atoms with Crippen LogP contribution in [0.5, 0.6) is 11.5 Å². The molecule has 0 spiro atoms. The Labute approximate surface area is 155 Å². The van der Waals surface area contributed by atoms with Crippen molar-refractivity contribution in [1.29, 1.82) is 0 Å². The highest BCUT2D eigenvalue weighted by molar-refractivity contribution is 5.99. The fourth-order valence-electron chi connectivity index (χ4n) is 2.92. The zero-order chi connectivity index (χ0) is 19.4. The standard InChI is InChI=1S/C19H19N3O5/c1-26-17-11-14(16(22(24)25)12-18(17)27-2)19(23)20-8-10-21-9-7-13-5-3-4-6-15(13)21/h3-7,9,11-12H,8,10H2,1-2H3,(H,20,23). The summed E-state index contributed by atoms with van der Waals surface area (Å²) in [6.07, 6.45) is 1.94. The van der Waals surface area contributed by atoms with Crippen LogP contribution in [-0.2, 0) is 6.54 Å². The molecular formula is C19H19N3O5. The molecule has 1 aromatic heterocycles. The fraction of sp³-hybridized carbons (Fsp3) is 0.211. The normalized spacial score (nSPS) is 10.6. The highest BCUT2D eigenvalue weighted by Gasteiger charge is 2.24. The Kier molecular flexibility index (Phi) is 5.25. The van der Waals surface area contributed by atoms with Crippen molar-refractivity contribution in [2.75, 3.05) is 20.8 Å². The number of carbonyl (C=O) groups excluding carboxylic acids is 1. The molecule has 0 aliphatic heterocycles. The zero-order valence-corrected chi connectivity index (χ0v) is 15.0. The molecule has 0 fully saturated rings. The van der Waals surface area contributed by atoms with Crippen LogP contribution in [-0.4, -0.2) is 36.2 Å². The summed E-state index contributed by atoms with van der Waals surface area (Å²) in [6, 6.07) is 12.4. The number of methoxy groups -OCH3 is 2. The Morgan fingerprint density at radius 3 is 2.56 bits per heavy atom. The number of para-hydroxylation sites is 1. The van der Waals surface area contributed by atoms with Gasteiger partial charge in [0.15, 0.2) is 11.5 Å². The minimum absolute atomic E-state index is 0.0741. The van der Waals surface area contributed by atoms with Gasteiger partial charge >= 0.3 is 0 Å². The highest BCUT2D eigenvalue weighted by Crippen LogP contribution is 2.34. The van der Waals surface area contributed by atoms with E-state index in [0.29, 0.717) is 13.1 Å². The molecular weight excluding hydrogens is 350 g/mol. The first-order valence-corrected chi connectivity index (χ1v) is 8.27. The number of nitro groups is 1. The Balaban J connectivity index is 1.76. The van der Waals surface area contributed by atoms with Crippen LogP contribution in [0.2, 0.25) is 0 Å². The van der Waals surface area contributed by atoms with Gasteiger partial charge in [-0.2, -0.15) is 0 Å². The van der Waals surface area contributed by atoms with E-state index < -0.39 is 10.8 Å². The van der Waals surface area contributed by atoms with Crippen LogP contribution in [0.3, 0.4) is 0 Å². The third-order valence-electron chi connectivity index (χ3n) is 4.26. The summed E-state index contributed by atoms with van der Waals surface area (Å²) in [7, 11) is 2.78. The Morgan fingerprint density at radius 2 is 1.85 bits per heavy atom. The number of hydrogen-bond donors (Lipinski definition) is 1. The fourth-order valence-corrected chi connectivity index (χ4v) is 2.92. The van der Waals surface area contributed by atoms with E-state index in [9.17, 15) is 14.9 Å². The first-order valence-electron chi connectivity index (χ1n) is 8.27. The lowest BCUT2D eigenvalue weighted by molar-refractivity contribution is -0.385. The molecule has 0 aliphatic rings. The van der Waals surface area contributed by atoms with Crippen LogP contribution in [0.15, 0.2) is 48.7 Å². The summed E-state index contributed by atoms with van der Waals surface area (Å²) in [6.45, 7) is 0.864. The molecule has 0 unspecified atom stereocenters. The molecule has 0 aliphatic carbocycles. The van der Waals surface area contributed by atoms with Crippen LogP contribution in [0.25, 0.3) is 10.9 Å². The Morgan fingerprint density at radius 1 is 1.15 bits per heavy atom. The third-order valence-corrected chi connectivity index (χ3v) is 4.26. The van der Waals surface area contributed by atoms with Crippen LogP contribution < -0.4 is 14.8 Å². The molecule has 27 heavy (non-hydrogen) atoms. The smallest absolute Gasteiger partial charge is 0.286 e. The number of nitrogens with zero attached hydrogens (tertiary/aromatic N) is 2. The number of rotatable bonds is 7. The Bertz CT molecular complexity index is 996. The van der Waals surface area contributed by atoms with Crippen molar-refractivity contribution in [3.8, 4) is 11.5 Å². The van der Waals surface area contributed by atoms with E-state index in [0.717, 1.165) is 10.9 Å². The van der Waals surface area contributed by atoms with E-state index in [-0.39, 0.29) is 22.7 Å². The highest BCUT2D eigenvalue weighted by atomic mass is 16.6. The molecule has 0 radical (unpaired) electrons. The summed E-state index contributed by atoms with van der Waals surface area (Å²) >= 11 is 0. The molecule has 3 rings (SSSR count). The van der Waals surface area contributed by atoms with Gasteiger partial charge in [-0.3, -0.25) is 14.9 Å². The number of aromatic nitrogens is 1. The number of fused-ring (bicyclic) bond motifs is 1. The molecule has 1 amide bonds. The lowest BCUT2D eigenvalue weighted by atomic mass is 10.1. The van der Waals surface area contributed by atoms with E-state index in [2.05, 4.69) is 5.32 Å². The zero-order valence-electron chi connectivity index (χ0n) is 15.0. The van der Waals surface area contributed by atoms with E-state index in [1.165, 1.54) is 26.4 Å². The lowest BCUT2D eigenvalue weighted by Crippen LogP contribution is -2.27. The van der Waals surface area contributed by atoms with Gasteiger partial charge in [0.05, 0.1) is 25.2 Å². The van der Waals surface area contributed by atoms with Gasteiger partial charge in [-0.05, 0) is 17.5 Å². The van der Waals surface area contributed by atoms with Gasteiger partial charge in [0.2, 0.25) is 0 Å². The minimum atomic E-state index is -0.615. The summed E-state index contributed by atoms with van der Waals surface area (Å²) in [4.78, 5) is 23.2. The third kappa shape index (κ3) is 3.69. The predicted molar refractivity (Wildman–Crippen MR) is 100 cm³/mol. The van der Waals surface area contributed by atoms with Crippen LogP contribution in [0.1, 0.15) is 10.4 Å². The molecule has 3 aromatic rings. The maximum absolute atomic E-state index is 12.5. The number of nitro benzene ring substituents is 1. The lowest BCUT2D eigenvalue weighted by Gasteiger charge is -2.11. The monoisotopic (exact) mass is 369 g/mol. The second kappa shape index (κ2) is 7.77. The summed E-state index contributed by atoms with van der Waals surface area (Å²) in [5.74, 6) is -0.0941. The van der Waals surface area contributed by atoms with Crippen molar-refractivity contribution >= 4 is 22.5 Å². The van der Waals surface area contributed by atoms with Crippen LogP contribution in [0.4, 0.5) is 5.69 Å². The number of benzene rings is 2. The maximum atomic E-state index is 12.5. The van der Waals surface area contributed by atoms with Gasteiger partial charge in [0.25, 0.3) is 11.6 Å². The Hall–Kier alpha value is -3.55. The maximum Gasteiger partial charge on any atom is 0.286 e. The van der Waals surface area contributed by atoms with Crippen molar-refractivity contribution in [1.82, 2.24) is 9.88 Å². The number of ether oxygens (including phenoxy) is 2. The van der Waals surface area contributed by atoms with Crippen molar-refractivity contribution < 1.29 is 19.2 Å². The van der Waals surface area contributed by atoms with Crippen molar-refractivity contribution in [3.05, 3.63) is 64.3 Å². The average Bonchev–Trinajstić information content (AvgIpc) is 3.09. The molecule has 1 N–H and O–H groups in total. The van der Waals surface area contributed by atoms with E-state index in [1.807, 2.05) is 41.1 Å². The molecule has 2 aromatic carbocycles. The molecule has 0 atom stereocenters. The molecule has 1 heterocycles. The van der Waals surface area contributed by atoms with Gasteiger partial charge in [0, 0.05) is 30.9 Å². The van der Waals surface area contributed by atoms with Crippen molar-refractivity contribution in [2.45, 2.75) is 6.54 Å². The number of carbonyl (C=O) groups is 1. The molecule has 0 saturated heterocycles. The van der Waals surface area contributed by atoms with Crippen LogP contribution in [0, 0.1) is 10.1 Å². The quantitative estimate of drug-likeness (QED) is 0.510. The minimum Gasteiger partial charge on any atom is -0.493 e. The van der Waals surface area contributed by atoms with Gasteiger partial charge < -0.3 is 19.4 Å². The largest absolute Gasteiger partial charge is 0.493 e. The number of amides is 1. The summed E-state index contributed by atoms with van der Waals surface area (Å²) < 4.78 is 12.2. The van der Waals surface area contributed by atoms with Gasteiger partial charge in [0.1, 0.15) is 5.56 Å². The molecule has 0 bridgehead atoms. The van der Waals surface area contributed by atoms with E-state index >= 15 is 0 Å². The first kappa shape index (κ1) is 18.2. The molecule has 8 heteroatoms. The first-order chi connectivity index (χ1) is 13.0.